The zero-order valence-electron chi connectivity index (χ0n) is 13.2. The average Bonchev–Trinajstić information content (AvgIpc) is 3.09. The maximum atomic E-state index is 12.2. The number of nitrogens with one attached hydrogen (secondary N) is 1. The van der Waals surface area contributed by atoms with Crippen molar-refractivity contribution in [1.29, 1.82) is 0 Å². The van der Waals surface area contributed by atoms with E-state index in [0.717, 1.165) is 29.9 Å². The van der Waals surface area contributed by atoms with Gasteiger partial charge in [-0.1, -0.05) is 0 Å². The molecule has 0 atom stereocenters. The molecular weight excluding hydrogens is 316 g/mol. The Kier molecular flexibility index (Phi) is 4.42. The molecule has 0 spiro atoms. The van der Waals surface area contributed by atoms with E-state index in [2.05, 4.69) is 20.2 Å². The molecule has 0 aliphatic carbocycles. The lowest BCUT2D eigenvalue weighted by molar-refractivity contribution is 0.300. The molecule has 3 rings (SSSR count). The smallest absolute Gasteiger partial charge is 0.276 e. The third-order valence-corrected chi connectivity index (χ3v) is 6.05. The first-order valence-corrected chi connectivity index (χ1v) is 8.88. The van der Waals surface area contributed by atoms with Gasteiger partial charge in [-0.25, -0.2) is 0 Å². The number of aromatic nitrogens is 4. The highest BCUT2D eigenvalue weighted by atomic mass is 32.2. The summed E-state index contributed by atoms with van der Waals surface area (Å²) in [5.74, 6) is 0.190. The molecule has 0 amide bonds. The molecule has 9 heteroatoms. The number of hydrogen-bond donors (Lipinski definition) is 1. The highest BCUT2D eigenvalue weighted by molar-refractivity contribution is 7.86. The molecule has 0 bridgehead atoms. The summed E-state index contributed by atoms with van der Waals surface area (Å²) in [6, 6.07) is 1.86. The van der Waals surface area contributed by atoms with Crippen molar-refractivity contribution in [3.8, 4) is 11.4 Å². The van der Waals surface area contributed by atoms with E-state index in [1.165, 1.54) is 8.61 Å². The van der Waals surface area contributed by atoms with Gasteiger partial charge in [0.15, 0.2) is 0 Å². The number of nitrogens with zero attached hydrogens (tertiary/aromatic N) is 5. The average molecular weight is 336 g/mol. The molecule has 0 saturated carbocycles. The molecule has 1 aliphatic heterocycles. The van der Waals surface area contributed by atoms with Gasteiger partial charge >= 0.3 is 0 Å². The normalized spacial score (nSPS) is 17.7. The van der Waals surface area contributed by atoms with Crippen LogP contribution in [0.1, 0.15) is 24.5 Å². The summed E-state index contributed by atoms with van der Waals surface area (Å²) in [7, 11) is -0.232. The molecular formula is C14H20N6O2S. The zero-order chi connectivity index (χ0) is 16.4. The Morgan fingerprint density at radius 1 is 1.17 bits per heavy atom. The predicted octanol–water partition coefficient (Wildman–Crippen LogP) is 0.853. The second-order valence-corrected chi connectivity index (χ2v) is 7.87. The molecule has 1 saturated heterocycles. The molecule has 0 aromatic carbocycles. The van der Waals surface area contributed by atoms with Crippen molar-refractivity contribution in [3.63, 3.8) is 0 Å². The summed E-state index contributed by atoms with van der Waals surface area (Å²) >= 11 is 0. The van der Waals surface area contributed by atoms with Crippen LogP contribution in [0.25, 0.3) is 11.4 Å². The van der Waals surface area contributed by atoms with Gasteiger partial charge in [0.2, 0.25) is 0 Å². The van der Waals surface area contributed by atoms with Crippen LogP contribution in [-0.4, -0.2) is 64.4 Å². The summed E-state index contributed by atoms with van der Waals surface area (Å²) in [6.45, 7) is 0.980. The first kappa shape index (κ1) is 16.0. The Morgan fingerprint density at radius 2 is 1.87 bits per heavy atom. The maximum Gasteiger partial charge on any atom is 0.281 e. The second-order valence-electron chi connectivity index (χ2n) is 5.72. The van der Waals surface area contributed by atoms with Crippen LogP contribution in [0.3, 0.4) is 0 Å². The molecule has 0 unspecified atom stereocenters. The summed E-state index contributed by atoms with van der Waals surface area (Å²) in [4.78, 5) is 8.91. The number of H-pyrrole nitrogens is 1. The van der Waals surface area contributed by atoms with Crippen LogP contribution in [0.15, 0.2) is 24.7 Å². The molecule has 0 radical (unpaired) electrons. The monoisotopic (exact) mass is 336 g/mol. The molecule has 1 aliphatic rings. The lowest BCUT2D eigenvalue weighted by Crippen LogP contribution is -2.44. The van der Waals surface area contributed by atoms with Crippen LogP contribution >= 0.6 is 0 Å². The van der Waals surface area contributed by atoms with Crippen LogP contribution in [0.5, 0.6) is 0 Å². The van der Waals surface area contributed by atoms with Gasteiger partial charge in [0.05, 0.1) is 11.4 Å². The zero-order valence-corrected chi connectivity index (χ0v) is 14.0. The third kappa shape index (κ3) is 3.12. The standard InChI is InChI=1S/C14H20N6O2S/c1-19(2)23(21,22)20-9-4-11(5-10-20)13-14(16-8-7-15-13)12-3-6-17-18-12/h3,6-8,11H,4-5,9-10H2,1-2H3,(H,17,18). The molecule has 2 aromatic heterocycles. The van der Waals surface area contributed by atoms with E-state index in [0.29, 0.717) is 13.1 Å². The largest absolute Gasteiger partial charge is 0.281 e. The van der Waals surface area contributed by atoms with Gasteiger partial charge in [-0.15, -0.1) is 0 Å². The van der Waals surface area contributed by atoms with Crippen LogP contribution in [0, 0.1) is 0 Å². The van der Waals surface area contributed by atoms with Gasteiger partial charge in [0, 0.05) is 51.7 Å². The predicted molar refractivity (Wildman–Crippen MR) is 85.8 cm³/mol. The topological polar surface area (TPSA) is 95.1 Å². The Labute approximate surface area is 135 Å². The first-order chi connectivity index (χ1) is 11.0. The minimum absolute atomic E-state index is 0.190. The van der Waals surface area contributed by atoms with Crippen LogP contribution < -0.4 is 0 Å². The molecule has 1 N–H and O–H groups in total. The van der Waals surface area contributed by atoms with Crippen molar-refractivity contribution in [2.45, 2.75) is 18.8 Å². The number of piperidine rings is 1. The van der Waals surface area contributed by atoms with Crippen molar-refractivity contribution in [3.05, 3.63) is 30.4 Å². The van der Waals surface area contributed by atoms with Crippen molar-refractivity contribution in [1.82, 2.24) is 28.8 Å². The summed E-state index contributed by atoms with van der Waals surface area (Å²) in [5, 5.41) is 6.88. The third-order valence-electron chi connectivity index (χ3n) is 4.11. The summed E-state index contributed by atoms with van der Waals surface area (Å²) in [6.07, 6.45) is 6.48. The summed E-state index contributed by atoms with van der Waals surface area (Å²) < 4.78 is 27.2. The van der Waals surface area contributed by atoms with E-state index in [9.17, 15) is 8.42 Å². The SMILES string of the molecule is CN(C)S(=O)(=O)N1CCC(c2nccnc2-c2ccn[nH]2)CC1. The van der Waals surface area contributed by atoms with Gasteiger partial charge < -0.3 is 0 Å². The number of hydrogen-bond acceptors (Lipinski definition) is 5. The minimum Gasteiger partial charge on any atom is -0.276 e. The van der Waals surface area contributed by atoms with Gasteiger partial charge in [-0.2, -0.15) is 22.1 Å². The molecule has 124 valence electrons. The minimum atomic E-state index is -3.34. The van der Waals surface area contributed by atoms with Crippen molar-refractivity contribution >= 4 is 10.2 Å². The van der Waals surface area contributed by atoms with Gasteiger partial charge in [0.25, 0.3) is 10.2 Å². The highest BCUT2D eigenvalue weighted by Gasteiger charge is 2.31. The van der Waals surface area contributed by atoms with Gasteiger partial charge in [-0.3, -0.25) is 15.1 Å². The molecule has 23 heavy (non-hydrogen) atoms. The number of rotatable bonds is 4. The van der Waals surface area contributed by atoms with E-state index < -0.39 is 10.2 Å². The Balaban J connectivity index is 1.79. The maximum absolute atomic E-state index is 12.2. The van der Waals surface area contributed by atoms with E-state index in [1.807, 2.05) is 6.07 Å². The van der Waals surface area contributed by atoms with E-state index in [1.54, 1.807) is 32.7 Å². The van der Waals surface area contributed by atoms with E-state index in [-0.39, 0.29) is 5.92 Å². The van der Waals surface area contributed by atoms with Crippen LogP contribution in [0.4, 0.5) is 0 Å². The van der Waals surface area contributed by atoms with Gasteiger partial charge in [0.1, 0.15) is 5.69 Å². The van der Waals surface area contributed by atoms with Crippen molar-refractivity contribution < 1.29 is 8.42 Å². The Morgan fingerprint density at radius 3 is 2.48 bits per heavy atom. The highest BCUT2D eigenvalue weighted by Crippen LogP contribution is 2.32. The Hall–Kier alpha value is -1.84. The fourth-order valence-corrected chi connectivity index (χ4v) is 3.97. The lowest BCUT2D eigenvalue weighted by atomic mass is 9.92. The number of aromatic amines is 1. The first-order valence-electron chi connectivity index (χ1n) is 7.48. The molecule has 2 aromatic rings. The summed E-state index contributed by atoms with van der Waals surface area (Å²) in [5.41, 5.74) is 2.52. The van der Waals surface area contributed by atoms with E-state index >= 15 is 0 Å². The molecule has 8 nitrogen and oxygen atoms in total. The van der Waals surface area contributed by atoms with Crippen LogP contribution in [0.2, 0.25) is 0 Å². The quantitative estimate of drug-likeness (QED) is 0.893. The fourth-order valence-electron chi connectivity index (χ4n) is 2.83. The van der Waals surface area contributed by atoms with E-state index in [4.69, 9.17) is 0 Å². The van der Waals surface area contributed by atoms with Crippen molar-refractivity contribution in [2.75, 3.05) is 27.2 Å². The van der Waals surface area contributed by atoms with Crippen LogP contribution in [-0.2, 0) is 10.2 Å². The molecule has 3 heterocycles. The second kappa shape index (κ2) is 6.34. The lowest BCUT2D eigenvalue weighted by Gasteiger charge is -2.32. The molecule has 1 fully saturated rings. The van der Waals surface area contributed by atoms with Gasteiger partial charge in [-0.05, 0) is 18.9 Å². The fraction of sp³-hybridized carbons (Fsp3) is 0.500. The van der Waals surface area contributed by atoms with Crippen molar-refractivity contribution in [2.24, 2.45) is 0 Å². The Bertz CT molecular complexity index is 751.